The zero-order chi connectivity index (χ0) is 14.0. The van der Waals surface area contributed by atoms with Crippen molar-refractivity contribution in [3.63, 3.8) is 0 Å². The van der Waals surface area contributed by atoms with Crippen molar-refractivity contribution in [3.8, 4) is 0 Å². The van der Waals surface area contributed by atoms with Crippen LogP contribution in [0.25, 0.3) is 0 Å². The van der Waals surface area contributed by atoms with Crippen LogP contribution in [0.1, 0.15) is 22.3 Å². The number of carbonyl (C=O) groups is 2. The van der Waals surface area contributed by atoms with Crippen molar-refractivity contribution in [1.29, 1.82) is 0 Å². The first-order valence-corrected chi connectivity index (χ1v) is 6.16. The first-order chi connectivity index (χ1) is 9.02. The van der Waals surface area contributed by atoms with E-state index in [1.807, 2.05) is 0 Å². The molecule has 0 radical (unpaired) electrons. The average Bonchev–Trinajstić information content (AvgIpc) is 2.86. The molecule has 1 atom stereocenters. The van der Waals surface area contributed by atoms with Gasteiger partial charge in [0.2, 0.25) is 0 Å². The molecular formula is C14H16FNO3. The van der Waals surface area contributed by atoms with Crippen molar-refractivity contribution in [2.75, 3.05) is 20.2 Å². The molecular weight excluding hydrogens is 249 g/mol. The Morgan fingerprint density at radius 3 is 2.79 bits per heavy atom. The number of rotatable bonds is 2. The normalized spacial score (nSPS) is 18.5. The standard InChI is InChI=1S/C14H16FNO3/c1-9-3-4-11(12(15)7-9)13(17)16-6-5-10(8-16)14(18)19-2/h3-4,7,10H,5-6,8H2,1-2H3. The number of methoxy groups -OCH3 is 1. The van der Waals surface area contributed by atoms with Gasteiger partial charge >= 0.3 is 5.97 Å². The molecule has 1 unspecified atom stereocenters. The first-order valence-electron chi connectivity index (χ1n) is 6.16. The summed E-state index contributed by atoms with van der Waals surface area (Å²) in [6, 6.07) is 4.52. The fourth-order valence-corrected chi connectivity index (χ4v) is 2.27. The third kappa shape index (κ3) is 2.75. The quantitative estimate of drug-likeness (QED) is 0.766. The van der Waals surface area contributed by atoms with Gasteiger partial charge in [-0.05, 0) is 31.0 Å². The Bertz CT molecular complexity index is 515. The molecule has 102 valence electrons. The average molecular weight is 265 g/mol. The van der Waals surface area contributed by atoms with E-state index in [2.05, 4.69) is 4.74 Å². The fourth-order valence-electron chi connectivity index (χ4n) is 2.27. The second-order valence-electron chi connectivity index (χ2n) is 4.74. The number of hydrogen-bond donors (Lipinski definition) is 0. The number of nitrogens with zero attached hydrogens (tertiary/aromatic N) is 1. The van der Waals surface area contributed by atoms with Crippen molar-refractivity contribution in [2.45, 2.75) is 13.3 Å². The smallest absolute Gasteiger partial charge is 0.310 e. The summed E-state index contributed by atoms with van der Waals surface area (Å²) >= 11 is 0. The summed E-state index contributed by atoms with van der Waals surface area (Å²) in [6.07, 6.45) is 0.561. The van der Waals surface area contributed by atoms with Crippen LogP contribution in [-0.4, -0.2) is 37.0 Å². The molecule has 0 aromatic heterocycles. The van der Waals surface area contributed by atoms with E-state index in [1.165, 1.54) is 24.1 Å². The van der Waals surface area contributed by atoms with Gasteiger partial charge in [-0.15, -0.1) is 0 Å². The Morgan fingerprint density at radius 1 is 1.42 bits per heavy atom. The Balaban J connectivity index is 2.11. The molecule has 1 aromatic rings. The van der Waals surface area contributed by atoms with E-state index in [0.717, 1.165) is 5.56 Å². The first kappa shape index (κ1) is 13.5. The number of likely N-dealkylation sites (tertiary alicyclic amines) is 1. The number of carbonyl (C=O) groups excluding carboxylic acids is 2. The van der Waals surface area contributed by atoms with E-state index < -0.39 is 5.82 Å². The summed E-state index contributed by atoms with van der Waals surface area (Å²) in [7, 11) is 1.33. The van der Waals surface area contributed by atoms with Crippen LogP contribution < -0.4 is 0 Å². The minimum atomic E-state index is -0.522. The lowest BCUT2D eigenvalue weighted by atomic mass is 10.1. The lowest BCUT2D eigenvalue weighted by molar-refractivity contribution is -0.144. The van der Waals surface area contributed by atoms with E-state index in [1.54, 1.807) is 13.0 Å². The largest absolute Gasteiger partial charge is 0.469 e. The van der Waals surface area contributed by atoms with Crippen LogP contribution in [0.15, 0.2) is 18.2 Å². The second kappa shape index (κ2) is 5.38. The molecule has 1 aromatic carbocycles. The molecule has 0 saturated carbocycles. The molecule has 0 spiro atoms. The topological polar surface area (TPSA) is 46.6 Å². The number of amides is 1. The van der Waals surface area contributed by atoms with Gasteiger partial charge in [0.25, 0.3) is 5.91 Å². The lowest BCUT2D eigenvalue weighted by Crippen LogP contribution is -2.30. The molecule has 1 aliphatic heterocycles. The van der Waals surface area contributed by atoms with Crippen molar-refractivity contribution in [1.82, 2.24) is 4.90 Å². The molecule has 5 heteroatoms. The van der Waals surface area contributed by atoms with Crippen LogP contribution in [0.2, 0.25) is 0 Å². The number of benzene rings is 1. The summed E-state index contributed by atoms with van der Waals surface area (Å²) in [4.78, 5) is 25.1. The van der Waals surface area contributed by atoms with E-state index in [4.69, 9.17) is 0 Å². The summed E-state index contributed by atoms with van der Waals surface area (Å²) < 4.78 is 18.4. The molecule has 1 fully saturated rings. The minimum absolute atomic E-state index is 0.0520. The number of halogens is 1. The maximum atomic E-state index is 13.7. The molecule has 1 aliphatic rings. The molecule has 1 amide bonds. The molecule has 19 heavy (non-hydrogen) atoms. The third-order valence-corrected chi connectivity index (χ3v) is 3.36. The highest BCUT2D eigenvalue weighted by Crippen LogP contribution is 2.21. The minimum Gasteiger partial charge on any atom is -0.469 e. The molecule has 2 rings (SSSR count). The maximum absolute atomic E-state index is 13.7. The Morgan fingerprint density at radius 2 is 2.16 bits per heavy atom. The number of ether oxygens (including phenoxy) is 1. The van der Waals surface area contributed by atoms with Gasteiger partial charge in [-0.3, -0.25) is 9.59 Å². The van der Waals surface area contributed by atoms with E-state index >= 15 is 0 Å². The zero-order valence-corrected chi connectivity index (χ0v) is 11.0. The van der Waals surface area contributed by atoms with Crippen molar-refractivity contribution in [2.24, 2.45) is 5.92 Å². The summed E-state index contributed by atoms with van der Waals surface area (Å²) in [5, 5.41) is 0. The molecule has 1 heterocycles. The Labute approximate surface area is 111 Å². The van der Waals surface area contributed by atoms with Gasteiger partial charge in [0.15, 0.2) is 0 Å². The predicted molar refractivity (Wildman–Crippen MR) is 67.2 cm³/mol. The number of esters is 1. The molecule has 4 nitrogen and oxygen atoms in total. The maximum Gasteiger partial charge on any atom is 0.310 e. The van der Waals surface area contributed by atoms with Gasteiger partial charge < -0.3 is 9.64 Å². The van der Waals surface area contributed by atoms with Crippen LogP contribution >= 0.6 is 0 Å². The SMILES string of the molecule is COC(=O)C1CCN(C(=O)c2ccc(C)cc2F)C1. The highest BCUT2D eigenvalue weighted by molar-refractivity contribution is 5.95. The Kier molecular flexibility index (Phi) is 3.83. The monoisotopic (exact) mass is 265 g/mol. The highest BCUT2D eigenvalue weighted by atomic mass is 19.1. The summed E-state index contributed by atoms with van der Waals surface area (Å²) in [5.41, 5.74) is 0.819. The van der Waals surface area contributed by atoms with E-state index in [0.29, 0.717) is 19.5 Å². The second-order valence-corrected chi connectivity index (χ2v) is 4.74. The zero-order valence-electron chi connectivity index (χ0n) is 11.0. The molecule has 0 bridgehead atoms. The van der Waals surface area contributed by atoms with Crippen LogP contribution in [-0.2, 0) is 9.53 Å². The van der Waals surface area contributed by atoms with Gasteiger partial charge in [-0.25, -0.2) is 4.39 Å². The Hall–Kier alpha value is -1.91. The number of hydrogen-bond acceptors (Lipinski definition) is 3. The van der Waals surface area contributed by atoms with Crippen LogP contribution in [0.5, 0.6) is 0 Å². The molecule has 1 saturated heterocycles. The fraction of sp³-hybridized carbons (Fsp3) is 0.429. The van der Waals surface area contributed by atoms with Crippen molar-refractivity contribution >= 4 is 11.9 Å². The van der Waals surface area contributed by atoms with Crippen LogP contribution in [0.3, 0.4) is 0 Å². The van der Waals surface area contributed by atoms with Crippen LogP contribution in [0, 0.1) is 18.7 Å². The number of aryl methyl sites for hydroxylation is 1. The third-order valence-electron chi connectivity index (χ3n) is 3.36. The summed E-state index contributed by atoms with van der Waals surface area (Å²) in [6.45, 7) is 2.51. The van der Waals surface area contributed by atoms with Gasteiger partial charge in [-0.1, -0.05) is 6.07 Å². The van der Waals surface area contributed by atoms with Crippen molar-refractivity contribution < 1.29 is 18.7 Å². The van der Waals surface area contributed by atoms with Crippen molar-refractivity contribution in [3.05, 3.63) is 35.1 Å². The predicted octanol–water partition coefficient (Wildman–Crippen LogP) is 1.77. The lowest BCUT2D eigenvalue weighted by Gasteiger charge is -2.16. The van der Waals surface area contributed by atoms with E-state index in [9.17, 15) is 14.0 Å². The van der Waals surface area contributed by atoms with Gasteiger partial charge in [0.05, 0.1) is 18.6 Å². The van der Waals surface area contributed by atoms with E-state index in [-0.39, 0.29) is 23.4 Å². The van der Waals surface area contributed by atoms with Gasteiger partial charge in [-0.2, -0.15) is 0 Å². The molecule has 0 aliphatic carbocycles. The summed E-state index contributed by atoms with van der Waals surface area (Å²) in [5.74, 6) is -1.52. The van der Waals surface area contributed by atoms with Gasteiger partial charge in [0, 0.05) is 13.1 Å². The molecule has 0 N–H and O–H groups in total. The highest BCUT2D eigenvalue weighted by Gasteiger charge is 2.32. The van der Waals surface area contributed by atoms with Crippen LogP contribution in [0.4, 0.5) is 4.39 Å². The van der Waals surface area contributed by atoms with Gasteiger partial charge in [0.1, 0.15) is 5.82 Å².